The summed E-state index contributed by atoms with van der Waals surface area (Å²) in [5.74, 6) is 0.0795. The van der Waals surface area contributed by atoms with E-state index in [1.165, 1.54) is 5.56 Å². The molecule has 2 aromatic carbocycles. The van der Waals surface area contributed by atoms with Crippen LogP contribution in [-0.2, 0) is 0 Å². The Morgan fingerprint density at radius 3 is 2.50 bits per heavy atom. The molecule has 0 bridgehead atoms. The van der Waals surface area contributed by atoms with Gasteiger partial charge in [-0.05, 0) is 72.6 Å². The first-order valence-corrected chi connectivity index (χ1v) is 7.47. The molecule has 104 valence electrons. The molecule has 20 heavy (non-hydrogen) atoms. The molecule has 0 spiro atoms. The minimum atomic E-state index is 0.0795. The molecular formula is C17H18BrNO. The summed E-state index contributed by atoms with van der Waals surface area (Å²) >= 11 is 3.58. The Hall–Kier alpha value is -1.61. The van der Waals surface area contributed by atoms with Crippen LogP contribution in [0.5, 0.6) is 0 Å². The third-order valence-corrected chi connectivity index (χ3v) is 3.91. The zero-order valence-electron chi connectivity index (χ0n) is 12.0. The van der Waals surface area contributed by atoms with E-state index in [1.54, 1.807) is 6.92 Å². The molecule has 0 saturated heterocycles. The zero-order valence-corrected chi connectivity index (χ0v) is 13.6. The Bertz CT molecular complexity index is 637. The van der Waals surface area contributed by atoms with Gasteiger partial charge in [0.1, 0.15) is 0 Å². The summed E-state index contributed by atoms with van der Waals surface area (Å²) in [7, 11) is 0. The van der Waals surface area contributed by atoms with Gasteiger partial charge in [-0.15, -0.1) is 0 Å². The maximum Gasteiger partial charge on any atom is 0.159 e. The molecule has 0 unspecified atom stereocenters. The molecule has 0 amide bonds. The van der Waals surface area contributed by atoms with Crippen LogP contribution in [0.15, 0.2) is 46.9 Å². The van der Waals surface area contributed by atoms with Gasteiger partial charge in [-0.25, -0.2) is 0 Å². The van der Waals surface area contributed by atoms with Crippen LogP contribution < -0.4 is 4.90 Å². The van der Waals surface area contributed by atoms with Gasteiger partial charge in [0.05, 0.1) is 5.69 Å². The van der Waals surface area contributed by atoms with Crippen LogP contribution in [0.3, 0.4) is 0 Å². The van der Waals surface area contributed by atoms with E-state index in [9.17, 15) is 4.79 Å². The first-order valence-electron chi connectivity index (χ1n) is 6.67. The second-order valence-electron chi connectivity index (χ2n) is 4.81. The van der Waals surface area contributed by atoms with Crippen molar-refractivity contribution in [2.45, 2.75) is 20.8 Å². The fourth-order valence-electron chi connectivity index (χ4n) is 2.23. The van der Waals surface area contributed by atoms with E-state index < -0.39 is 0 Å². The highest BCUT2D eigenvalue weighted by molar-refractivity contribution is 9.10. The van der Waals surface area contributed by atoms with Gasteiger partial charge in [0, 0.05) is 22.3 Å². The summed E-state index contributed by atoms with van der Waals surface area (Å²) < 4.78 is 0.938. The average Bonchev–Trinajstić information content (AvgIpc) is 2.41. The molecule has 0 atom stereocenters. The minimum absolute atomic E-state index is 0.0795. The second-order valence-corrected chi connectivity index (χ2v) is 5.66. The van der Waals surface area contributed by atoms with Gasteiger partial charge in [0.25, 0.3) is 0 Å². The fourth-order valence-corrected chi connectivity index (χ4v) is 2.83. The van der Waals surface area contributed by atoms with Crippen molar-refractivity contribution < 1.29 is 4.79 Å². The van der Waals surface area contributed by atoms with Crippen LogP contribution in [-0.4, -0.2) is 12.3 Å². The number of hydrogen-bond acceptors (Lipinski definition) is 2. The quantitative estimate of drug-likeness (QED) is 0.725. The van der Waals surface area contributed by atoms with Crippen LogP contribution in [0.1, 0.15) is 29.8 Å². The monoisotopic (exact) mass is 331 g/mol. The van der Waals surface area contributed by atoms with Crippen molar-refractivity contribution in [1.29, 1.82) is 0 Å². The van der Waals surface area contributed by atoms with E-state index in [1.807, 2.05) is 18.2 Å². The molecular weight excluding hydrogens is 314 g/mol. The third kappa shape index (κ3) is 3.10. The number of carbonyl (C=O) groups excluding carboxylic acids is 1. The lowest BCUT2D eigenvalue weighted by molar-refractivity contribution is 0.101. The molecule has 2 nitrogen and oxygen atoms in total. The maximum atomic E-state index is 11.4. The number of carbonyl (C=O) groups is 1. The molecule has 0 aliphatic rings. The molecule has 0 fully saturated rings. The number of nitrogens with zero attached hydrogens (tertiary/aromatic N) is 1. The molecule has 0 aliphatic carbocycles. The van der Waals surface area contributed by atoms with E-state index in [4.69, 9.17) is 0 Å². The van der Waals surface area contributed by atoms with Crippen LogP contribution in [0, 0.1) is 6.92 Å². The summed E-state index contributed by atoms with van der Waals surface area (Å²) in [5, 5.41) is 0. The predicted molar refractivity (Wildman–Crippen MR) is 88.0 cm³/mol. The van der Waals surface area contributed by atoms with Crippen LogP contribution in [0.25, 0.3) is 0 Å². The molecule has 3 heteroatoms. The lowest BCUT2D eigenvalue weighted by Crippen LogP contribution is -2.16. The topological polar surface area (TPSA) is 20.3 Å². The maximum absolute atomic E-state index is 11.4. The highest BCUT2D eigenvalue weighted by atomic mass is 79.9. The molecule has 2 aromatic rings. The van der Waals surface area contributed by atoms with Gasteiger partial charge < -0.3 is 4.90 Å². The van der Waals surface area contributed by atoms with Crippen molar-refractivity contribution in [3.63, 3.8) is 0 Å². The highest BCUT2D eigenvalue weighted by Gasteiger charge is 2.12. The van der Waals surface area contributed by atoms with Crippen LogP contribution in [0.4, 0.5) is 11.4 Å². The average molecular weight is 332 g/mol. The lowest BCUT2D eigenvalue weighted by Gasteiger charge is -2.25. The van der Waals surface area contributed by atoms with Gasteiger partial charge in [0.15, 0.2) is 5.78 Å². The smallest absolute Gasteiger partial charge is 0.159 e. The Morgan fingerprint density at radius 2 is 1.95 bits per heavy atom. The van der Waals surface area contributed by atoms with Crippen molar-refractivity contribution in [1.82, 2.24) is 0 Å². The van der Waals surface area contributed by atoms with Gasteiger partial charge >= 0.3 is 0 Å². The highest BCUT2D eigenvalue weighted by Crippen LogP contribution is 2.33. The second kappa shape index (κ2) is 6.23. The predicted octanol–water partition coefficient (Wildman–Crippen LogP) is 5.12. The summed E-state index contributed by atoms with van der Waals surface area (Å²) in [5.41, 5.74) is 4.19. The standard InChI is InChI=1S/C17H18BrNO/c1-4-19(15-7-5-6-12(2)10-15)17-9-8-14(13(3)20)11-16(17)18/h5-11H,4H2,1-3H3. The largest absolute Gasteiger partial charge is 0.341 e. The summed E-state index contributed by atoms with van der Waals surface area (Å²) in [6, 6.07) is 14.2. The van der Waals surface area contributed by atoms with Crippen molar-refractivity contribution in [3.05, 3.63) is 58.1 Å². The van der Waals surface area contributed by atoms with Gasteiger partial charge in [-0.2, -0.15) is 0 Å². The fraction of sp³-hybridized carbons (Fsp3) is 0.235. The molecule has 0 radical (unpaired) electrons. The van der Waals surface area contributed by atoms with Crippen LogP contribution in [0.2, 0.25) is 0 Å². The molecule has 0 aromatic heterocycles. The molecule has 0 saturated carbocycles. The Morgan fingerprint density at radius 1 is 1.20 bits per heavy atom. The number of ketones is 1. The van der Waals surface area contributed by atoms with Crippen molar-refractivity contribution in [2.75, 3.05) is 11.4 Å². The SMILES string of the molecule is CCN(c1cccc(C)c1)c1ccc(C(C)=O)cc1Br. The third-order valence-electron chi connectivity index (χ3n) is 3.27. The zero-order chi connectivity index (χ0) is 14.7. The number of hydrogen-bond donors (Lipinski definition) is 0. The van der Waals surface area contributed by atoms with Crippen molar-refractivity contribution in [3.8, 4) is 0 Å². The number of halogens is 1. The summed E-state index contributed by atoms with van der Waals surface area (Å²) in [4.78, 5) is 13.7. The van der Waals surface area contributed by atoms with Gasteiger partial charge in [-0.1, -0.05) is 12.1 Å². The van der Waals surface area contributed by atoms with Gasteiger partial charge in [0.2, 0.25) is 0 Å². The number of Topliss-reactive ketones (excluding diaryl/α,β-unsaturated/α-hetero) is 1. The Labute approximate surface area is 128 Å². The number of rotatable bonds is 4. The number of anilines is 2. The van der Waals surface area contributed by atoms with Gasteiger partial charge in [-0.3, -0.25) is 4.79 Å². The molecule has 2 rings (SSSR count). The van der Waals surface area contributed by atoms with Crippen molar-refractivity contribution in [2.24, 2.45) is 0 Å². The molecule has 0 aliphatic heterocycles. The van der Waals surface area contributed by atoms with E-state index in [2.05, 4.69) is 58.9 Å². The Balaban J connectivity index is 2.44. The lowest BCUT2D eigenvalue weighted by atomic mass is 10.1. The molecule has 0 heterocycles. The van der Waals surface area contributed by atoms with E-state index >= 15 is 0 Å². The summed E-state index contributed by atoms with van der Waals surface area (Å²) in [6.07, 6.45) is 0. The summed E-state index contributed by atoms with van der Waals surface area (Å²) in [6.45, 7) is 6.65. The minimum Gasteiger partial charge on any atom is -0.341 e. The van der Waals surface area contributed by atoms with Crippen LogP contribution >= 0.6 is 15.9 Å². The number of benzene rings is 2. The van der Waals surface area contributed by atoms with Crippen molar-refractivity contribution >= 4 is 33.1 Å². The normalized spacial score (nSPS) is 10.4. The van der Waals surface area contributed by atoms with E-state index in [-0.39, 0.29) is 5.78 Å². The number of aryl methyl sites for hydroxylation is 1. The molecule has 0 N–H and O–H groups in total. The van der Waals surface area contributed by atoms with E-state index in [0.29, 0.717) is 0 Å². The Kier molecular flexibility index (Phi) is 4.61. The first-order chi connectivity index (χ1) is 9.52. The van der Waals surface area contributed by atoms with E-state index in [0.717, 1.165) is 28.0 Å². The first kappa shape index (κ1) is 14.8.